The maximum Gasteiger partial charge on any atom is 0.106 e. The van der Waals surface area contributed by atoms with Crippen LogP contribution in [0.2, 0.25) is 0 Å². The summed E-state index contributed by atoms with van der Waals surface area (Å²) in [6, 6.07) is 6.26. The van der Waals surface area contributed by atoms with Crippen LogP contribution in [-0.2, 0) is 11.3 Å². The highest BCUT2D eigenvalue weighted by atomic mass is 79.9. The van der Waals surface area contributed by atoms with Crippen LogP contribution in [0.3, 0.4) is 0 Å². The van der Waals surface area contributed by atoms with Crippen LogP contribution in [-0.4, -0.2) is 47.3 Å². The van der Waals surface area contributed by atoms with Gasteiger partial charge in [-0.2, -0.15) is 0 Å². The number of nitrogens with zero attached hydrogens (tertiary/aromatic N) is 3. The zero-order valence-corrected chi connectivity index (χ0v) is 12.7. The number of hydrogen-bond acceptors (Lipinski definition) is 3. The van der Waals surface area contributed by atoms with Gasteiger partial charge in [-0.05, 0) is 25.1 Å². The van der Waals surface area contributed by atoms with Crippen molar-refractivity contribution in [2.24, 2.45) is 0 Å². The van der Waals surface area contributed by atoms with Crippen LogP contribution in [0.15, 0.2) is 22.7 Å². The van der Waals surface area contributed by atoms with Gasteiger partial charge in [-0.15, -0.1) is 0 Å². The minimum absolute atomic E-state index is 0.856. The van der Waals surface area contributed by atoms with Crippen LogP contribution in [0.25, 0.3) is 11.0 Å². The lowest BCUT2D eigenvalue weighted by atomic mass is 10.3. The smallest absolute Gasteiger partial charge is 0.106 e. The van der Waals surface area contributed by atoms with Gasteiger partial charge in [-0.3, -0.25) is 4.90 Å². The Hall–Kier alpha value is -0.910. The van der Waals surface area contributed by atoms with Gasteiger partial charge in [0.25, 0.3) is 0 Å². The first-order valence-corrected chi connectivity index (χ1v) is 7.46. The van der Waals surface area contributed by atoms with Crippen LogP contribution in [0.5, 0.6) is 0 Å². The van der Waals surface area contributed by atoms with Crippen molar-refractivity contribution in [2.75, 3.05) is 32.8 Å². The van der Waals surface area contributed by atoms with E-state index >= 15 is 0 Å². The zero-order valence-electron chi connectivity index (χ0n) is 11.1. The van der Waals surface area contributed by atoms with Gasteiger partial charge in [0.05, 0.1) is 24.2 Å². The number of ether oxygens (including phenoxy) is 1. The average molecular weight is 324 g/mol. The number of benzene rings is 1. The molecule has 0 atom stereocenters. The lowest BCUT2D eigenvalue weighted by Gasteiger charge is -2.26. The minimum atomic E-state index is 0.856. The highest BCUT2D eigenvalue weighted by Gasteiger charge is 2.12. The quantitative estimate of drug-likeness (QED) is 0.869. The first-order chi connectivity index (χ1) is 9.24. The van der Waals surface area contributed by atoms with Gasteiger partial charge in [0.15, 0.2) is 0 Å². The highest BCUT2D eigenvalue weighted by molar-refractivity contribution is 9.10. The second-order valence-corrected chi connectivity index (χ2v) is 5.81. The molecule has 3 rings (SSSR count). The largest absolute Gasteiger partial charge is 0.379 e. The van der Waals surface area contributed by atoms with Crippen LogP contribution < -0.4 is 0 Å². The monoisotopic (exact) mass is 323 g/mol. The Balaban J connectivity index is 1.79. The second kappa shape index (κ2) is 5.61. The summed E-state index contributed by atoms with van der Waals surface area (Å²) in [5.41, 5.74) is 2.28. The molecule has 0 N–H and O–H groups in total. The highest BCUT2D eigenvalue weighted by Crippen LogP contribution is 2.20. The molecule has 4 nitrogen and oxygen atoms in total. The number of imidazole rings is 1. The zero-order chi connectivity index (χ0) is 13.2. The molecule has 0 spiro atoms. The molecule has 0 aliphatic carbocycles. The Bertz CT molecular complexity index is 575. The van der Waals surface area contributed by atoms with Gasteiger partial charge in [-0.1, -0.05) is 15.9 Å². The predicted molar refractivity (Wildman–Crippen MR) is 79.4 cm³/mol. The third-order valence-electron chi connectivity index (χ3n) is 3.64. The van der Waals surface area contributed by atoms with E-state index in [4.69, 9.17) is 4.74 Å². The first-order valence-electron chi connectivity index (χ1n) is 6.66. The van der Waals surface area contributed by atoms with Gasteiger partial charge in [0, 0.05) is 30.7 Å². The van der Waals surface area contributed by atoms with Gasteiger partial charge >= 0.3 is 0 Å². The van der Waals surface area contributed by atoms with E-state index in [-0.39, 0.29) is 0 Å². The van der Waals surface area contributed by atoms with Crippen LogP contribution in [0, 0.1) is 6.92 Å². The molecule has 1 aliphatic heterocycles. The minimum Gasteiger partial charge on any atom is -0.379 e. The number of halogens is 1. The molecule has 0 unspecified atom stereocenters. The van der Waals surface area contributed by atoms with E-state index in [0.717, 1.165) is 55.2 Å². The summed E-state index contributed by atoms with van der Waals surface area (Å²) in [6.07, 6.45) is 0. The molecular formula is C14H18BrN3O. The van der Waals surface area contributed by atoms with Crippen LogP contribution in [0.1, 0.15) is 5.82 Å². The van der Waals surface area contributed by atoms with E-state index in [1.54, 1.807) is 0 Å². The van der Waals surface area contributed by atoms with Gasteiger partial charge in [0.2, 0.25) is 0 Å². The number of aromatic nitrogens is 2. The maximum atomic E-state index is 5.38. The number of hydrogen-bond donors (Lipinski definition) is 0. The maximum absolute atomic E-state index is 5.38. The van der Waals surface area contributed by atoms with E-state index in [1.807, 2.05) is 6.07 Å². The Morgan fingerprint density at radius 3 is 2.84 bits per heavy atom. The summed E-state index contributed by atoms with van der Waals surface area (Å²) in [5, 5.41) is 0. The number of rotatable bonds is 3. The first kappa shape index (κ1) is 13.1. The molecule has 1 aromatic carbocycles. The molecular weight excluding hydrogens is 306 g/mol. The summed E-state index contributed by atoms with van der Waals surface area (Å²) < 4.78 is 8.78. The third-order valence-corrected chi connectivity index (χ3v) is 4.14. The van der Waals surface area contributed by atoms with Crippen molar-refractivity contribution < 1.29 is 4.74 Å². The molecule has 102 valence electrons. The Morgan fingerprint density at radius 2 is 2.05 bits per heavy atom. The molecule has 2 aromatic rings. The third kappa shape index (κ3) is 2.83. The standard InChI is InChI=1S/C14H18BrN3O/c1-11-16-13-3-2-12(15)10-14(13)18(11)5-4-17-6-8-19-9-7-17/h2-3,10H,4-9H2,1H3. The molecule has 0 amide bonds. The molecule has 0 bridgehead atoms. The molecule has 1 aliphatic rings. The van der Waals surface area contributed by atoms with Crippen molar-refractivity contribution in [1.29, 1.82) is 0 Å². The van der Waals surface area contributed by atoms with Gasteiger partial charge in [0.1, 0.15) is 5.82 Å². The lowest BCUT2D eigenvalue weighted by Crippen LogP contribution is -2.38. The molecule has 1 fully saturated rings. The number of fused-ring (bicyclic) bond motifs is 1. The Morgan fingerprint density at radius 1 is 1.26 bits per heavy atom. The molecule has 5 heteroatoms. The molecule has 2 heterocycles. The summed E-state index contributed by atoms with van der Waals surface area (Å²) in [5.74, 6) is 1.08. The fraction of sp³-hybridized carbons (Fsp3) is 0.500. The topological polar surface area (TPSA) is 30.3 Å². The van der Waals surface area contributed by atoms with E-state index in [9.17, 15) is 0 Å². The second-order valence-electron chi connectivity index (χ2n) is 4.90. The Kier molecular flexibility index (Phi) is 3.86. The number of aryl methyl sites for hydroxylation is 1. The van der Waals surface area contributed by atoms with Crippen molar-refractivity contribution in [3.05, 3.63) is 28.5 Å². The molecule has 0 radical (unpaired) electrons. The van der Waals surface area contributed by atoms with Gasteiger partial charge < -0.3 is 9.30 Å². The van der Waals surface area contributed by atoms with E-state index < -0.39 is 0 Å². The van der Waals surface area contributed by atoms with Crippen molar-refractivity contribution in [3.63, 3.8) is 0 Å². The van der Waals surface area contributed by atoms with Crippen LogP contribution >= 0.6 is 15.9 Å². The van der Waals surface area contributed by atoms with Crippen molar-refractivity contribution in [3.8, 4) is 0 Å². The normalized spacial score (nSPS) is 17.2. The summed E-state index contributed by atoms with van der Waals surface area (Å²) >= 11 is 3.54. The Labute approximate surface area is 121 Å². The molecule has 1 aromatic heterocycles. The average Bonchev–Trinajstić information content (AvgIpc) is 2.73. The van der Waals surface area contributed by atoms with Crippen molar-refractivity contribution in [2.45, 2.75) is 13.5 Å². The van der Waals surface area contributed by atoms with E-state index in [1.165, 1.54) is 5.52 Å². The fourth-order valence-corrected chi connectivity index (χ4v) is 2.91. The van der Waals surface area contributed by atoms with Crippen molar-refractivity contribution in [1.82, 2.24) is 14.5 Å². The molecule has 0 saturated carbocycles. The number of morpholine rings is 1. The SMILES string of the molecule is Cc1nc2ccc(Br)cc2n1CCN1CCOCC1. The summed E-state index contributed by atoms with van der Waals surface area (Å²) in [6.45, 7) is 7.91. The fourth-order valence-electron chi connectivity index (χ4n) is 2.56. The lowest BCUT2D eigenvalue weighted by molar-refractivity contribution is 0.0364. The molecule has 19 heavy (non-hydrogen) atoms. The molecule has 1 saturated heterocycles. The summed E-state index contributed by atoms with van der Waals surface area (Å²) in [7, 11) is 0. The van der Waals surface area contributed by atoms with E-state index in [0.29, 0.717) is 0 Å². The van der Waals surface area contributed by atoms with Crippen molar-refractivity contribution >= 4 is 27.0 Å². The van der Waals surface area contributed by atoms with E-state index in [2.05, 4.69) is 49.4 Å². The predicted octanol–water partition coefficient (Wildman–Crippen LogP) is 2.44. The summed E-state index contributed by atoms with van der Waals surface area (Å²) in [4.78, 5) is 7.07. The van der Waals surface area contributed by atoms with Gasteiger partial charge in [-0.25, -0.2) is 4.98 Å². The van der Waals surface area contributed by atoms with Crippen LogP contribution in [0.4, 0.5) is 0 Å².